The number of rotatable bonds is 2. The molecule has 0 radical (unpaired) electrons. The smallest absolute Gasteiger partial charge is 0.261 e. The number of amides is 2. The second kappa shape index (κ2) is 4.69. The van der Waals surface area contributed by atoms with Crippen molar-refractivity contribution in [2.75, 3.05) is 0 Å². The van der Waals surface area contributed by atoms with Gasteiger partial charge in [0.2, 0.25) is 0 Å². The molecule has 2 aromatic rings. The Bertz CT molecular complexity index is 736. The predicted molar refractivity (Wildman–Crippen MR) is 81.3 cm³/mol. The summed E-state index contributed by atoms with van der Waals surface area (Å²) in [6.45, 7) is 2.13. The fourth-order valence-corrected chi connectivity index (χ4v) is 2.87. The Balaban J connectivity index is 1.96. The number of aryl methyl sites for hydroxylation is 2. The predicted octanol–water partition coefficient (Wildman–Crippen LogP) is 2.13. The number of carbonyl (C=O) groups is 2. The fraction of sp³-hybridized carbons (Fsp3) is 0.214. The molecule has 0 saturated carbocycles. The third-order valence-electron chi connectivity index (χ3n) is 3.35. The van der Waals surface area contributed by atoms with Crippen LogP contribution in [0.4, 0.5) is 0 Å². The monoisotopic (exact) mass is 381 g/mol. The van der Waals surface area contributed by atoms with Crippen molar-refractivity contribution in [2.24, 2.45) is 7.05 Å². The molecule has 102 valence electrons. The molecule has 0 fully saturated rings. The zero-order valence-electron chi connectivity index (χ0n) is 11.1. The second-order valence-electron chi connectivity index (χ2n) is 4.79. The van der Waals surface area contributed by atoms with Gasteiger partial charge in [-0.15, -0.1) is 0 Å². The van der Waals surface area contributed by atoms with Crippen molar-refractivity contribution < 1.29 is 9.59 Å². The first-order chi connectivity index (χ1) is 9.47. The number of hydrogen-bond acceptors (Lipinski definition) is 3. The van der Waals surface area contributed by atoms with Crippen LogP contribution in [0.2, 0.25) is 0 Å². The lowest BCUT2D eigenvalue weighted by Gasteiger charge is -2.13. The summed E-state index contributed by atoms with van der Waals surface area (Å²) in [4.78, 5) is 25.9. The molecular weight excluding hydrogens is 369 g/mol. The SMILES string of the molecule is Cc1cc(CN2C(=O)c3ccc(I)cc3C2=O)n(C)n1. The molecule has 20 heavy (non-hydrogen) atoms. The summed E-state index contributed by atoms with van der Waals surface area (Å²) in [7, 11) is 1.81. The highest BCUT2D eigenvalue weighted by molar-refractivity contribution is 14.1. The molecular formula is C14H12IN3O2. The van der Waals surface area contributed by atoms with Crippen LogP contribution in [0, 0.1) is 10.5 Å². The van der Waals surface area contributed by atoms with Gasteiger partial charge in [-0.1, -0.05) is 0 Å². The zero-order valence-corrected chi connectivity index (χ0v) is 13.2. The van der Waals surface area contributed by atoms with E-state index in [1.165, 1.54) is 4.90 Å². The molecule has 2 amide bonds. The maximum atomic E-state index is 12.4. The minimum Gasteiger partial charge on any atom is -0.271 e. The highest BCUT2D eigenvalue weighted by atomic mass is 127. The lowest BCUT2D eigenvalue weighted by molar-refractivity contribution is 0.0639. The van der Waals surface area contributed by atoms with E-state index in [1.807, 2.05) is 26.1 Å². The minimum atomic E-state index is -0.236. The Kier molecular flexibility index (Phi) is 3.12. The maximum absolute atomic E-state index is 12.4. The maximum Gasteiger partial charge on any atom is 0.261 e. The van der Waals surface area contributed by atoms with E-state index in [0.717, 1.165) is 15.0 Å². The van der Waals surface area contributed by atoms with Gasteiger partial charge in [-0.25, -0.2) is 0 Å². The molecule has 6 heteroatoms. The van der Waals surface area contributed by atoms with Crippen LogP contribution in [0.5, 0.6) is 0 Å². The molecule has 1 aliphatic heterocycles. The quantitative estimate of drug-likeness (QED) is 0.592. The summed E-state index contributed by atoms with van der Waals surface area (Å²) < 4.78 is 2.64. The molecule has 0 spiro atoms. The lowest BCUT2D eigenvalue weighted by Crippen LogP contribution is -2.30. The van der Waals surface area contributed by atoms with E-state index in [9.17, 15) is 9.59 Å². The molecule has 0 bridgehead atoms. The summed E-state index contributed by atoms with van der Waals surface area (Å²) in [5, 5.41) is 4.23. The average Bonchev–Trinajstić information content (AvgIpc) is 2.82. The van der Waals surface area contributed by atoms with Crippen LogP contribution in [0.1, 0.15) is 32.1 Å². The molecule has 0 atom stereocenters. The summed E-state index contributed by atoms with van der Waals surface area (Å²) in [5.41, 5.74) is 2.68. The van der Waals surface area contributed by atoms with Gasteiger partial charge in [0.25, 0.3) is 11.8 Å². The van der Waals surface area contributed by atoms with E-state index in [1.54, 1.807) is 16.8 Å². The number of fused-ring (bicyclic) bond motifs is 1. The summed E-state index contributed by atoms with van der Waals surface area (Å²) >= 11 is 2.13. The number of aromatic nitrogens is 2. The molecule has 0 N–H and O–H groups in total. The number of carbonyl (C=O) groups excluding carboxylic acids is 2. The molecule has 0 unspecified atom stereocenters. The van der Waals surface area contributed by atoms with Crippen LogP contribution in [0.25, 0.3) is 0 Å². The van der Waals surface area contributed by atoms with Gasteiger partial charge in [0.05, 0.1) is 29.1 Å². The molecule has 1 aromatic carbocycles. The van der Waals surface area contributed by atoms with Crippen LogP contribution in [0.15, 0.2) is 24.3 Å². The van der Waals surface area contributed by atoms with Crippen LogP contribution in [0.3, 0.4) is 0 Å². The fourth-order valence-electron chi connectivity index (χ4n) is 2.38. The normalized spacial score (nSPS) is 14.1. The van der Waals surface area contributed by atoms with Gasteiger partial charge in [-0.3, -0.25) is 19.2 Å². The number of benzene rings is 1. The van der Waals surface area contributed by atoms with E-state index >= 15 is 0 Å². The molecule has 0 aliphatic carbocycles. The van der Waals surface area contributed by atoms with Crippen LogP contribution >= 0.6 is 22.6 Å². The third kappa shape index (κ3) is 2.04. The highest BCUT2D eigenvalue weighted by Crippen LogP contribution is 2.26. The second-order valence-corrected chi connectivity index (χ2v) is 6.03. The first-order valence-corrected chi connectivity index (χ1v) is 7.20. The average molecular weight is 381 g/mol. The molecule has 2 heterocycles. The Morgan fingerprint density at radius 3 is 2.50 bits per heavy atom. The number of halogens is 1. The Labute approximate surface area is 129 Å². The zero-order chi connectivity index (χ0) is 14.4. The van der Waals surface area contributed by atoms with Crippen molar-refractivity contribution in [1.82, 2.24) is 14.7 Å². The Hall–Kier alpha value is -1.70. The van der Waals surface area contributed by atoms with Crippen molar-refractivity contribution in [1.29, 1.82) is 0 Å². The van der Waals surface area contributed by atoms with Crippen molar-refractivity contribution in [2.45, 2.75) is 13.5 Å². The molecule has 1 aromatic heterocycles. The minimum absolute atomic E-state index is 0.234. The third-order valence-corrected chi connectivity index (χ3v) is 4.02. The van der Waals surface area contributed by atoms with E-state index in [-0.39, 0.29) is 18.4 Å². The lowest BCUT2D eigenvalue weighted by atomic mass is 10.1. The highest BCUT2D eigenvalue weighted by Gasteiger charge is 2.35. The van der Waals surface area contributed by atoms with Gasteiger partial charge in [0, 0.05) is 10.6 Å². The molecule has 3 rings (SSSR count). The van der Waals surface area contributed by atoms with Gasteiger partial charge < -0.3 is 0 Å². The van der Waals surface area contributed by atoms with E-state index < -0.39 is 0 Å². The van der Waals surface area contributed by atoms with E-state index in [0.29, 0.717) is 11.1 Å². The van der Waals surface area contributed by atoms with Crippen molar-refractivity contribution >= 4 is 34.4 Å². The number of hydrogen-bond donors (Lipinski definition) is 0. The van der Waals surface area contributed by atoms with E-state index in [2.05, 4.69) is 27.7 Å². The standard InChI is InChI=1S/C14H12IN3O2/c1-8-5-10(17(2)16-8)7-18-13(19)11-4-3-9(15)6-12(11)14(18)20/h3-6H,7H2,1-2H3. The number of imide groups is 1. The largest absolute Gasteiger partial charge is 0.271 e. The topological polar surface area (TPSA) is 55.2 Å². The van der Waals surface area contributed by atoms with Crippen molar-refractivity contribution in [3.63, 3.8) is 0 Å². The van der Waals surface area contributed by atoms with Gasteiger partial charge in [-0.05, 0) is 53.8 Å². The van der Waals surface area contributed by atoms with Gasteiger partial charge in [-0.2, -0.15) is 5.10 Å². The summed E-state index contributed by atoms with van der Waals surface area (Å²) in [6.07, 6.45) is 0. The first-order valence-electron chi connectivity index (χ1n) is 6.12. The molecule has 5 nitrogen and oxygen atoms in total. The molecule has 1 aliphatic rings. The Morgan fingerprint density at radius 2 is 1.85 bits per heavy atom. The Morgan fingerprint density at radius 1 is 1.15 bits per heavy atom. The first kappa shape index (κ1) is 13.3. The van der Waals surface area contributed by atoms with Crippen LogP contribution in [-0.2, 0) is 13.6 Å². The van der Waals surface area contributed by atoms with Crippen molar-refractivity contribution in [3.8, 4) is 0 Å². The van der Waals surface area contributed by atoms with Gasteiger partial charge in [0.15, 0.2) is 0 Å². The number of nitrogens with zero attached hydrogens (tertiary/aromatic N) is 3. The van der Waals surface area contributed by atoms with Gasteiger partial charge >= 0.3 is 0 Å². The molecule has 0 saturated heterocycles. The summed E-state index contributed by atoms with van der Waals surface area (Å²) in [6, 6.07) is 7.19. The van der Waals surface area contributed by atoms with Crippen LogP contribution in [-0.4, -0.2) is 26.5 Å². The summed E-state index contributed by atoms with van der Waals surface area (Å²) in [5.74, 6) is -0.470. The van der Waals surface area contributed by atoms with Crippen LogP contribution < -0.4 is 0 Å². The van der Waals surface area contributed by atoms with Crippen molar-refractivity contribution in [3.05, 3.63) is 50.4 Å². The van der Waals surface area contributed by atoms with E-state index in [4.69, 9.17) is 0 Å². The van der Waals surface area contributed by atoms with Gasteiger partial charge in [0.1, 0.15) is 0 Å².